The minimum absolute atomic E-state index is 0.108. The van der Waals surface area contributed by atoms with Crippen LogP contribution < -0.4 is 4.74 Å². The summed E-state index contributed by atoms with van der Waals surface area (Å²) in [6, 6.07) is 6.27. The molecule has 0 amide bonds. The number of alkyl halides is 2. The number of hydrogen-bond donors (Lipinski definition) is 0. The topological polar surface area (TPSA) is 48.4 Å². The molecule has 0 bridgehead atoms. The van der Waals surface area contributed by atoms with Gasteiger partial charge in [0.25, 0.3) is 0 Å². The number of aryl methyl sites for hydroxylation is 1. The van der Waals surface area contributed by atoms with Gasteiger partial charge in [-0.25, -0.2) is 4.98 Å². The van der Waals surface area contributed by atoms with Gasteiger partial charge in [-0.3, -0.25) is 4.79 Å². The second kappa shape index (κ2) is 7.12. The Labute approximate surface area is 124 Å². The molecule has 1 aromatic heterocycles. The normalized spacial score (nSPS) is 10.7. The number of hydrogen-bond acceptors (Lipinski definition) is 5. The molecule has 0 saturated carbocycles. The van der Waals surface area contributed by atoms with E-state index in [9.17, 15) is 13.6 Å². The van der Waals surface area contributed by atoms with Crippen molar-refractivity contribution >= 4 is 17.3 Å². The average molecular weight is 313 g/mol. The third-order valence-corrected chi connectivity index (χ3v) is 3.63. The summed E-state index contributed by atoms with van der Waals surface area (Å²) in [6.45, 7) is -2.83. The maximum absolute atomic E-state index is 12.1. The molecule has 7 heteroatoms. The summed E-state index contributed by atoms with van der Waals surface area (Å²) in [4.78, 5) is 15.5. The van der Waals surface area contributed by atoms with Gasteiger partial charge in [0, 0.05) is 17.4 Å². The molecule has 0 atom stereocenters. The molecule has 1 heterocycles. The van der Waals surface area contributed by atoms with Crippen LogP contribution in [0.3, 0.4) is 0 Å². The van der Waals surface area contributed by atoms with E-state index in [1.54, 1.807) is 12.1 Å². The van der Waals surface area contributed by atoms with Gasteiger partial charge >= 0.3 is 12.6 Å². The summed E-state index contributed by atoms with van der Waals surface area (Å²) in [5.41, 5.74) is 1.61. The van der Waals surface area contributed by atoms with Crippen molar-refractivity contribution in [1.82, 2.24) is 4.98 Å². The summed E-state index contributed by atoms with van der Waals surface area (Å²) in [5.74, 6) is -0.172. The molecule has 0 spiro atoms. The number of esters is 1. The number of carbonyl (C=O) groups excluding carboxylic acids is 1. The summed E-state index contributed by atoms with van der Waals surface area (Å²) in [7, 11) is 1.35. The number of halogens is 2. The number of aromatic nitrogens is 1. The highest BCUT2D eigenvalue weighted by molar-refractivity contribution is 7.13. The molecule has 112 valence electrons. The van der Waals surface area contributed by atoms with Crippen molar-refractivity contribution in [2.24, 2.45) is 0 Å². The van der Waals surface area contributed by atoms with Gasteiger partial charge in [-0.2, -0.15) is 8.78 Å². The first-order valence-electron chi connectivity index (χ1n) is 6.15. The molecule has 2 aromatic rings. The largest absolute Gasteiger partial charge is 0.469 e. The van der Waals surface area contributed by atoms with Gasteiger partial charge in [-0.15, -0.1) is 11.3 Å². The minimum Gasteiger partial charge on any atom is -0.469 e. The quantitative estimate of drug-likeness (QED) is 0.766. The van der Waals surface area contributed by atoms with Crippen molar-refractivity contribution in [3.63, 3.8) is 0 Å². The molecular weight excluding hydrogens is 300 g/mol. The van der Waals surface area contributed by atoms with Crippen LogP contribution in [0.1, 0.15) is 12.1 Å². The zero-order valence-corrected chi connectivity index (χ0v) is 12.0. The van der Waals surface area contributed by atoms with Crippen molar-refractivity contribution in [2.45, 2.75) is 19.5 Å². The molecule has 4 nitrogen and oxygen atoms in total. The Morgan fingerprint density at radius 1 is 1.33 bits per heavy atom. The molecule has 0 fully saturated rings. The fourth-order valence-electron chi connectivity index (χ4n) is 1.67. The van der Waals surface area contributed by atoms with E-state index in [0.29, 0.717) is 6.42 Å². The number of rotatable bonds is 6. The third kappa shape index (κ3) is 4.49. The first-order chi connectivity index (χ1) is 10.1. The van der Waals surface area contributed by atoms with Crippen LogP contribution in [0.25, 0.3) is 10.6 Å². The summed E-state index contributed by atoms with van der Waals surface area (Å²) in [6.07, 6.45) is 0.788. The summed E-state index contributed by atoms with van der Waals surface area (Å²) in [5, 5.41) is 2.63. The Hall–Kier alpha value is -2.02. The molecule has 0 N–H and O–H groups in total. The van der Waals surface area contributed by atoms with E-state index >= 15 is 0 Å². The Morgan fingerprint density at radius 2 is 2.05 bits per heavy atom. The first kappa shape index (κ1) is 15.4. The maximum Gasteiger partial charge on any atom is 0.387 e. The standard InChI is InChI=1S/C14H13F2NO3S/c1-19-12(18)7-4-10-8-21-13(17-10)9-2-5-11(6-3-9)20-14(15)16/h2-3,5-6,8,14H,4,7H2,1H3. The number of thiazole rings is 1. The zero-order chi connectivity index (χ0) is 15.2. The highest BCUT2D eigenvalue weighted by Crippen LogP contribution is 2.26. The fourth-order valence-corrected chi connectivity index (χ4v) is 2.53. The van der Waals surface area contributed by atoms with E-state index < -0.39 is 6.61 Å². The number of ether oxygens (including phenoxy) is 2. The van der Waals surface area contributed by atoms with Crippen LogP contribution >= 0.6 is 11.3 Å². The fraction of sp³-hybridized carbons (Fsp3) is 0.286. The van der Waals surface area contributed by atoms with Crippen LogP contribution in [-0.4, -0.2) is 24.7 Å². The van der Waals surface area contributed by atoms with Crippen LogP contribution in [0.4, 0.5) is 8.78 Å². The average Bonchev–Trinajstić information content (AvgIpc) is 2.94. The molecule has 0 aliphatic rings. The number of methoxy groups -OCH3 is 1. The van der Waals surface area contributed by atoms with Crippen LogP contribution in [0.5, 0.6) is 5.75 Å². The lowest BCUT2D eigenvalue weighted by atomic mass is 10.2. The smallest absolute Gasteiger partial charge is 0.387 e. The maximum atomic E-state index is 12.1. The zero-order valence-electron chi connectivity index (χ0n) is 11.2. The van der Waals surface area contributed by atoms with Crippen LogP contribution in [0, 0.1) is 0 Å². The number of carbonyl (C=O) groups is 1. The van der Waals surface area contributed by atoms with E-state index in [-0.39, 0.29) is 18.1 Å². The highest BCUT2D eigenvalue weighted by atomic mass is 32.1. The Bertz CT molecular complexity index is 599. The van der Waals surface area contributed by atoms with Crippen molar-refractivity contribution in [3.05, 3.63) is 35.3 Å². The van der Waals surface area contributed by atoms with Crippen LogP contribution in [-0.2, 0) is 16.0 Å². The second-order valence-electron chi connectivity index (χ2n) is 4.12. The van der Waals surface area contributed by atoms with E-state index in [0.717, 1.165) is 16.3 Å². The van der Waals surface area contributed by atoms with E-state index in [4.69, 9.17) is 0 Å². The molecule has 1 aromatic carbocycles. The predicted molar refractivity (Wildman–Crippen MR) is 74.5 cm³/mol. The van der Waals surface area contributed by atoms with Crippen molar-refractivity contribution in [3.8, 4) is 16.3 Å². The summed E-state index contributed by atoms with van der Waals surface area (Å²) >= 11 is 1.43. The Kier molecular flexibility index (Phi) is 5.21. The van der Waals surface area contributed by atoms with Gasteiger partial charge in [0.2, 0.25) is 0 Å². The van der Waals surface area contributed by atoms with E-state index in [2.05, 4.69) is 14.5 Å². The lowest BCUT2D eigenvalue weighted by Crippen LogP contribution is -2.02. The van der Waals surface area contributed by atoms with Gasteiger partial charge < -0.3 is 9.47 Å². The predicted octanol–water partition coefficient (Wildman–Crippen LogP) is 3.52. The van der Waals surface area contributed by atoms with Gasteiger partial charge in [-0.1, -0.05) is 0 Å². The third-order valence-electron chi connectivity index (χ3n) is 2.69. The molecule has 2 rings (SSSR count). The van der Waals surface area contributed by atoms with Gasteiger partial charge in [0.15, 0.2) is 0 Å². The second-order valence-corrected chi connectivity index (χ2v) is 4.98. The van der Waals surface area contributed by atoms with Crippen LogP contribution in [0.2, 0.25) is 0 Å². The molecule has 0 radical (unpaired) electrons. The lowest BCUT2D eigenvalue weighted by Gasteiger charge is -2.04. The van der Waals surface area contributed by atoms with Gasteiger partial charge in [0.1, 0.15) is 10.8 Å². The molecule has 0 unspecified atom stereocenters. The Morgan fingerprint density at radius 3 is 2.67 bits per heavy atom. The van der Waals surface area contributed by atoms with E-state index in [1.807, 2.05) is 5.38 Å². The molecule has 0 aliphatic heterocycles. The Balaban J connectivity index is 2.02. The molecule has 0 aliphatic carbocycles. The van der Waals surface area contributed by atoms with E-state index in [1.165, 1.54) is 30.6 Å². The van der Waals surface area contributed by atoms with Crippen LogP contribution in [0.15, 0.2) is 29.6 Å². The van der Waals surface area contributed by atoms with Gasteiger partial charge in [0.05, 0.1) is 19.2 Å². The SMILES string of the molecule is COC(=O)CCc1csc(-c2ccc(OC(F)F)cc2)n1. The number of nitrogens with zero attached hydrogens (tertiary/aromatic N) is 1. The van der Waals surface area contributed by atoms with Crippen molar-refractivity contribution in [2.75, 3.05) is 7.11 Å². The monoisotopic (exact) mass is 313 g/mol. The number of benzene rings is 1. The van der Waals surface area contributed by atoms with Crippen molar-refractivity contribution in [1.29, 1.82) is 0 Å². The van der Waals surface area contributed by atoms with Crippen molar-refractivity contribution < 1.29 is 23.0 Å². The lowest BCUT2D eigenvalue weighted by molar-refractivity contribution is -0.140. The molecule has 0 saturated heterocycles. The first-order valence-corrected chi connectivity index (χ1v) is 7.03. The highest BCUT2D eigenvalue weighted by Gasteiger charge is 2.09. The van der Waals surface area contributed by atoms with Gasteiger partial charge in [-0.05, 0) is 24.3 Å². The molecular formula is C14H13F2NO3S. The minimum atomic E-state index is -2.83. The molecule has 21 heavy (non-hydrogen) atoms. The summed E-state index contributed by atoms with van der Waals surface area (Å²) < 4.78 is 33.0.